The number of esters is 1. The number of ether oxygens (including phenoxy) is 3. The minimum Gasteiger partial charge on any atom is -0.467 e. The number of hydrogen-bond donors (Lipinski definition) is 0. The largest absolute Gasteiger partial charge is 0.467 e. The van der Waals surface area contributed by atoms with E-state index in [2.05, 4.69) is 0 Å². The van der Waals surface area contributed by atoms with Crippen molar-refractivity contribution in [3.8, 4) is 5.75 Å². The Hall–Kier alpha value is -1.50. The van der Waals surface area contributed by atoms with Crippen LogP contribution in [0.2, 0.25) is 0 Å². The second kappa shape index (κ2) is 7.59. The molecule has 1 saturated heterocycles. The average Bonchev–Trinajstić information content (AvgIpc) is 2.81. The maximum Gasteiger partial charge on any atom is 0.341 e. The molecule has 0 radical (unpaired) electrons. The minimum atomic E-state index is -1.46. The molecule has 1 aliphatic heterocycles. The number of carbonyl (C=O) groups excluding carboxylic acids is 2. The van der Waals surface area contributed by atoms with Crippen LogP contribution in [0.25, 0.3) is 0 Å². The third kappa shape index (κ3) is 3.45. The van der Waals surface area contributed by atoms with Gasteiger partial charge >= 0.3 is 5.97 Å². The zero-order valence-electron chi connectivity index (χ0n) is 13.7. The first kappa shape index (κ1) is 18.8. The summed E-state index contributed by atoms with van der Waals surface area (Å²) < 4.78 is 13.6. The van der Waals surface area contributed by atoms with Gasteiger partial charge in [-0.1, -0.05) is 30.1 Å². The molecule has 0 spiro atoms. The fourth-order valence-corrected chi connectivity index (χ4v) is 3.23. The summed E-state index contributed by atoms with van der Waals surface area (Å²) in [7, 11) is 2.74. The van der Waals surface area contributed by atoms with Gasteiger partial charge in [0.25, 0.3) is 5.91 Å². The Bertz CT molecular complexity index is 635. The number of methoxy groups -OCH3 is 2. The lowest BCUT2D eigenvalue weighted by atomic mass is 10.1. The normalized spacial score (nSPS) is 19.5. The molecule has 1 aliphatic rings. The van der Waals surface area contributed by atoms with Gasteiger partial charge in [0.15, 0.2) is 6.79 Å². The van der Waals surface area contributed by atoms with E-state index in [4.69, 9.17) is 37.4 Å². The van der Waals surface area contributed by atoms with Gasteiger partial charge in [-0.2, -0.15) is 0 Å². The number of carbonyl (C=O) groups is 2. The van der Waals surface area contributed by atoms with Crippen LogP contribution in [0.4, 0.5) is 5.69 Å². The van der Waals surface area contributed by atoms with Gasteiger partial charge in [0.2, 0.25) is 4.33 Å². The monoisotopic (exact) mass is 375 g/mol. The molecule has 1 fully saturated rings. The smallest absolute Gasteiger partial charge is 0.341 e. The summed E-state index contributed by atoms with van der Waals surface area (Å²) >= 11 is 12.4. The molecule has 0 saturated carbocycles. The number of nitrogens with zero attached hydrogens (tertiary/aromatic N) is 1. The van der Waals surface area contributed by atoms with Gasteiger partial charge in [0.05, 0.1) is 7.11 Å². The fourth-order valence-electron chi connectivity index (χ4n) is 2.58. The number of anilines is 1. The second-order valence-electron chi connectivity index (χ2n) is 5.37. The Labute approximate surface area is 150 Å². The molecule has 1 amide bonds. The van der Waals surface area contributed by atoms with Crippen LogP contribution in [0.15, 0.2) is 18.2 Å². The van der Waals surface area contributed by atoms with Crippen molar-refractivity contribution in [3.63, 3.8) is 0 Å². The fraction of sp³-hybridized carbons (Fsp3) is 0.500. The van der Waals surface area contributed by atoms with Crippen molar-refractivity contribution in [1.82, 2.24) is 0 Å². The van der Waals surface area contributed by atoms with Crippen LogP contribution in [-0.2, 0) is 14.3 Å². The van der Waals surface area contributed by atoms with E-state index < -0.39 is 10.3 Å². The molecule has 1 unspecified atom stereocenters. The lowest BCUT2D eigenvalue weighted by Gasteiger charge is -2.19. The van der Waals surface area contributed by atoms with Crippen LogP contribution >= 0.6 is 23.2 Å². The summed E-state index contributed by atoms with van der Waals surface area (Å²) in [5.41, 5.74) is 0.778. The van der Waals surface area contributed by atoms with Gasteiger partial charge in [-0.25, -0.2) is 4.79 Å². The van der Waals surface area contributed by atoms with Gasteiger partial charge in [-0.3, -0.25) is 4.79 Å². The Balaban J connectivity index is 2.38. The average molecular weight is 376 g/mol. The van der Waals surface area contributed by atoms with E-state index in [0.29, 0.717) is 18.7 Å². The number of alkyl halides is 2. The SMILES string of the molecule is CCC1CN(c2ccc(C(=O)OC)c(OCOC)c2)C(=O)C1(Cl)Cl. The maximum absolute atomic E-state index is 12.5. The van der Waals surface area contributed by atoms with Gasteiger partial charge < -0.3 is 19.1 Å². The molecule has 1 atom stereocenters. The second-order valence-corrected chi connectivity index (χ2v) is 6.75. The third-order valence-corrected chi connectivity index (χ3v) is 4.89. The molecule has 1 aromatic carbocycles. The zero-order valence-corrected chi connectivity index (χ0v) is 15.2. The molecule has 1 heterocycles. The van der Waals surface area contributed by atoms with E-state index in [1.165, 1.54) is 25.2 Å². The van der Waals surface area contributed by atoms with Crippen molar-refractivity contribution in [3.05, 3.63) is 23.8 Å². The summed E-state index contributed by atoms with van der Waals surface area (Å²) in [5, 5.41) is 0. The number of amides is 1. The zero-order chi connectivity index (χ0) is 17.9. The quantitative estimate of drug-likeness (QED) is 0.434. The summed E-state index contributed by atoms with van der Waals surface area (Å²) in [5.74, 6) is -0.863. The Morgan fingerprint density at radius 2 is 2.08 bits per heavy atom. The van der Waals surface area contributed by atoms with Crippen LogP contribution < -0.4 is 9.64 Å². The van der Waals surface area contributed by atoms with Crippen LogP contribution in [0.3, 0.4) is 0 Å². The maximum atomic E-state index is 12.5. The van der Waals surface area contributed by atoms with Crippen molar-refractivity contribution in [2.75, 3.05) is 32.5 Å². The number of rotatable bonds is 6. The highest BCUT2D eigenvalue weighted by Crippen LogP contribution is 2.43. The molecule has 0 bridgehead atoms. The molecular weight excluding hydrogens is 357 g/mol. The molecule has 132 valence electrons. The Kier molecular flexibility index (Phi) is 5.96. The van der Waals surface area contributed by atoms with Crippen molar-refractivity contribution >= 4 is 40.8 Å². The molecule has 2 rings (SSSR count). The molecule has 0 N–H and O–H groups in total. The van der Waals surface area contributed by atoms with Crippen LogP contribution in [-0.4, -0.2) is 43.8 Å². The molecule has 6 nitrogen and oxygen atoms in total. The standard InChI is InChI=1S/C16H19Cl2NO5/c1-4-10-8-19(15(21)16(10,17)18)11-5-6-12(14(20)23-3)13(7-11)24-9-22-2/h5-7,10H,4,8-9H2,1-3H3. The van der Waals surface area contributed by atoms with Crippen molar-refractivity contribution < 1.29 is 23.8 Å². The minimum absolute atomic E-state index is 0.0477. The van der Waals surface area contributed by atoms with E-state index in [1.807, 2.05) is 6.92 Å². The first-order valence-corrected chi connectivity index (χ1v) is 8.16. The predicted molar refractivity (Wildman–Crippen MR) is 90.9 cm³/mol. The van der Waals surface area contributed by atoms with Crippen molar-refractivity contribution in [2.45, 2.75) is 17.7 Å². The van der Waals surface area contributed by atoms with E-state index in [9.17, 15) is 9.59 Å². The summed E-state index contributed by atoms with van der Waals surface area (Å²) in [6, 6.07) is 4.74. The van der Waals surface area contributed by atoms with Gasteiger partial charge in [-0.05, 0) is 18.6 Å². The van der Waals surface area contributed by atoms with Crippen LogP contribution in [0.5, 0.6) is 5.75 Å². The van der Waals surface area contributed by atoms with Crippen LogP contribution in [0.1, 0.15) is 23.7 Å². The highest BCUT2D eigenvalue weighted by Gasteiger charge is 2.51. The highest BCUT2D eigenvalue weighted by molar-refractivity contribution is 6.60. The lowest BCUT2D eigenvalue weighted by molar-refractivity contribution is -0.118. The van der Waals surface area contributed by atoms with Crippen molar-refractivity contribution in [2.24, 2.45) is 5.92 Å². The summed E-state index contributed by atoms with van der Waals surface area (Å²) in [6.45, 7) is 2.27. The number of halogens is 2. The molecule has 0 aromatic heterocycles. The van der Waals surface area contributed by atoms with Crippen LogP contribution in [0, 0.1) is 5.92 Å². The van der Waals surface area contributed by atoms with E-state index in [-0.39, 0.29) is 29.9 Å². The number of hydrogen-bond acceptors (Lipinski definition) is 5. The Morgan fingerprint density at radius 1 is 1.38 bits per heavy atom. The first-order chi connectivity index (χ1) is 11.4. The number of benzene rings is 1. The molecule has 24 heavy (non-hydrogen) atoms. The van der Waals surface area contributed by atoms with E-state index in [1.54, 1.807) is 12.1 Å². The molecule has 0 aliphatic carbocycles. The molecule has 1 aromatic rings. The van der Waals surface area contributed by atoms with Gasteiger partial charge in [0, 0.05) is 31.3 Å². The van der Waals surface area contributed by atoms with Gasteiger partial charge in [0.1, 0.15) is 11.3 Å². The predicted octanol–water partition coefficient (Wildman–Crippen LogP) is 3.00. The topological polar surface area (TPSA) is 65.1 Å². The molecule has 8 heteroatoms. The Morgan fingerprint density at radius 3 is 2.62 bits per heavy atom. The van der Waals surface area contributed by atoms with Gasteiger partial charge in [-0.15, -0.1) is 0 Å². The van der Waals surface area contributed by atoms with E-state index in [0.717, 1.165) is 0 Å². The lowest BCUT2D eigenvalue weighted by Crippen LogP contribution is -2.33. The molecular formula is C16H19Cl2NO5. The first-order valence-electron chi connectivity index (χ1n) is 7.40. The highest BCUT2D eigenvalue weighted by atomic mass is 35.5. The summed E-state index contributed by atoms with van der Waals surface area (Å²) in [6.07, 6.45) is 0.669. The summed E-state index contributed by atoms with van der Waals surface area (Å²) in [4.78, 5) is 25.8. The van der Waals surface area contributed by atoms with E-state index >= 15 is 0 Å². The third-order valence-electron chi connectivity index (χ3n) is 3.95. The van der Waals surface area contributed by atoms with Crippen molar-refractivity contribution in [1.29, 1.82) is 0 Å².